The summed E-state index contributed by atoms with van der Waals surface area (Å²) in [5, 5.41) is 6.91. The summed E-state index contributed by atoms with van der Waals surface area (Å²) < 4.78 is 2.00. The number of carbonyl (C=O) groups is 6. The first-order chi connectivity index (χ1) is 27.9. The van der Waals surface area contributed by atoms with Gasteiger partial charge in [-0.1, -0.05) is 38.5 Å². The minimum atomic E-state index is -1.04. The Hall–Kier alpha value is -5.29. The number of piperidine rings is 2. The van der Waals surface area contributed by atoms with Gasteiger partial charge < -0.3 is 40.6 Å². The minimum absolute atomic E-state index is 0.0952. The molecule has 2 aromatic heterocycles. The Morgan fingerprint density at radius 2 is 1.50 bits per heavy atom. The summed E-state index contributed by atoms with van der Waals surface area (Å²) in [6.07, 6.45) is 10.6. The van der Waals surface area contributed by atoms with Crippen molar-refractivity contribution in [2.24, 2.45) is 24.5 Å². The molecule has 0 saturated carbocycles. The van der Waals surface area contributed by atoms with Crippen LogP contribution < -0.4 is 27.6 Å². The average Bonchev–Trinajstić information content (AvgIpc) is 4.02. The summed E-state index contributed by atoms with van der Waals surface area (Å²) in [5.41, 5.74) is 11.2. The van der Waals surface area contributed by atoms with Crippen molar-refractivity contribution in [2.45, 2.75) is 121 Å². The van der Waals surface area contributed by atoms with E-state index in [-0.39, 0.29) is 30.6 Å². The van der Waals surface area contributed by atoms with E-state index in [2.05, 4.69) is 26.0 Å². The molecule has 0 aliphatic carbocycles. The van der Waals surface area contributed by atoms with Crippen LogP contribution in [-0.4, -0.2) is 121 Å². The van der Waals surface area contributed by atoms with Crippen molar-refractivity contribution < 1.29 is 28.8 Å². The van der Waals surface area contributed by atoms with Crippen LogP contribution in [0.4, 0.5) is 0 Å². The summed E-state index contributed by atoms with van der Waals surface area (Å²) in [7, 11) is 1.95. The Kier molecular flexibility index (Phi) is 13.8. The van der Waals surface area contributed by atoms with Gasteiger partial charge in [0.2, 0.25) is 29.5 Å². The maximum atomic E-state index is 14.6. The second kappa shape index (κ2) is 19.0. The molecule has 3 aliphatic rings. The first-order valence-corrected chi connectivity index (χ1v) is 20.7. The number of aromatic amines is 1. The van der Waals surface area contributed by atoms with Crippen LogP contribution in [0, 0.1) is 5.92 Å². The van der Waals surface area contributed by atoms with Crippen LogP contribution in [0.2, 0.25) is 0 Å². The number of fused-ring (bicyclic) bond motifs is 1. The number of nitrogens with zero attached hydrogens (tertiary/aromatic N) is 5. The first kappa shape index (κ1) is 42.3. The molecule has 58 heavy (non-hydrogen) atoms. The molecule has 1 aromatic carbocycles. The zero-order valence-corrected chi connectivity index (χ0v) is 33.8. The number of likely N-dealkylation sites (tertiary alicyclic amines) is 3. The Morgan fingerprint density at radius 1 is 0.845 bits per heavy atom. The molecule has 314 valence electrons. The SMILES string of the molecule is CCC(C)[C@H](NC(=O)[C@H](N)Cc1cn(C)c2ccccc12)C(=O)N1CCCC[C@@H]1C(=O)N1CCCC[C@H]1C(=O)N[C@H](Cc1cnc[nH]1)C(=O)N1CCC[C@H]1C(=O)NN. The molecule has 7 atom stereocenters. The number of para-hydroxylation sites is 1. The third-order valence-electron chi connectivity index (χ3n) is 12.3. The van der Waals surface area contributed by atoms with Gasteiger partial charge in [0.15, 0.2) is 0 Å². The van der Waals surface area contributed by atoms with Crippen molar-refractivity contribution in [3.63, 3.8) is 0 Å². The number of carbonyl (C=O) groups excluding carboxylic acids is 6. The zero-order valence-electron chi connectivity index (χ0n) is 33.8. The van der Waals surface area contributed by atoms with E-state index in [4.69, 9.17) is 11.6 Å². The first-order valence-electron chi connectivity index (χ1n) is 20.7. The lowest BCUT2D eigenvalue weighted by molar-refractivity contribution is -0.154. The molecular weight excluding hydrogens is 743 g/mol. The predicted molar refractivity (Wildman–Crippen MR) is 216 cm³/mol. The van der Waals surface area contributed by atoms with Gasteiger partial charge >= 0.3 is 0 Å². The smallest absolute Gasteiger partial charge is 0.256 e. The number of hydrazine groups is 1. The highest BCUT2D eigenvalue weighted by Gasteiger charge is 2.44. The second-order valence-corrected chi connectivity index (χ2v) is 16.1. The van der Waals surface area contributed by atoms with Gasteiger partial charge in [0.05, 0.1) is 12.4 Å². The highest BCUT2D eigenvalue weighted by Crippen LogP contribution is 2.27. The van der Waals surface area contributed by atoms with Gasteiger partial charge in [-0.3, -0.25) is 34.2 Å². The second-order valence-electron chi connectivity index (χ2n) is 16.1. The molecule has 0 radical (unpaired) electrons. The Morgan fingerprint density at radius 3 is 2.21 bits per heavy atom. The lowest BCUT2D eigenvalue weighted by Gasteiger charge is -2.43. The van der Waals surface area contributed by atoms with Gasteiger partial charge in [-0.2, -0.15) is 0 Å². The van der Waals surface area contributed by atoms with Crippen molar-refractivity contribution in [2.75, 3.05) is 19.6 Å². The zero-order chi connectivity index (χ0) is 41.5. The standard InChI is InChI=1S/C41H59N11O6/c1-4-25(2)35(47-36(53)29(42)20-26-23-49(3)31-13-6-5-12-28(26)31)41(58)52-18-10-8-15-34(52)40(57)51-17-9-7-14-32(51)37(54)46-30(21-27-22-44-24-45-27)39(56)50-19-11-16-33(50)38(55)48-43/h5-6,12-13,22-25,29-30,32-35H,4,7-11,14-21,42-43H2,1-3H3,(H,44,45)(H,46,54)(H,47,53)(H,48,55)/t25?,29-,30-,32+,33+,34-,35+/m1/s1. The van der Waals surface area contributed by atoms with Crippen LogP contribution in [0.15, 0.2) is 43.0 Å². The molecular formula is C41H59N11O6. The molecule has 8 N–H and O–H groups in total. The third kappa shape index (κ3) is 9.20. The molecule has 3 fully saturated rings. The number of benzene rings is 1. The van der Waals surface area contributed by atoms with E-state index in [1.54, 1.807) is 16.0 Å². The van der Waals surface area contributed by atoms with Gasteiger partial charge in [-0.15, -0.1) is 0 Å². The number of rotatable bonds is 14. The fraction of sp³-hybridized carbons (Fsp3) is 0.585. The van der Waals surface area contributed by atoms with Gasteiger partial charge in [0.1, 0.15) is 30.2 Å². The van der Waals surface area contributed by atoms with Gasteiger partial charge in [0.25, 0.3) is 5.91 Å². The maximum Gasteiger partial charge on any atom is 0.256 e. The van der Waals surface area contributed by atoms with Gasteiger partial charge in [-0.25, -0.2) is 10.8 Å². The monoisotopic (exact) mass is 801 g/mol. The van der Waals surface area contributed by atoms with Crippen molar-refractivity contribution in [3.05, 3.63) is 54.2 Å². The highest BCUT2D eigenvalue weighted by atomic mass is 16.2. The summed E-state index contributed by atoms with van der Waals surface area (Å²) in [6, 6.07) is 2.58. The Labute approximate surface area is 338 Å². The van der Waals surface area contributed by atoms with Gasteiger partial charge in [-0.05, 0) is 75.3 Å². The van der Waals surface area contributed by atoms with E-state index >= 15 is 0 Å². The normalized spacial score (nSPS) is 21.9. The number of hydrogen-bond acceptors (Lipinski definition) is 9. The fourth-order valence-corrected chi connectivity index (χ4v) is 8.83. The van der Waals surface area contributed by atoms with Crippen LogP contribution >= 0.6 is 0 Å². The van der Waals surface area contributed by atoms with Crippen molar-refractivity contribution >= 4 is 46.3 Å². The third-order valence-corrected chi connectivity index (χ3v) is 12.3. The minimum Gasteiger partial charge on any atom is -0.350 e. The van der Waals surface area contributed by atoms with Crippen LogP contribution in [-0.2, 0) is 48.7 Å². The number of nitrogens with one attached hydrogen (secondary N) is 4. The summed E-state index contributed by atoms with van der Waals surface area (Å²) >= 11 is 0. The molecule has 0 spiro atoms. The topological polar surface area (TPSA) is 234 Å². The summed E-state index contributed by atoms with van der Waals surface area (Å²) in [5.74, 6) is 2.66. The van der Waals surface area contributed by atoms with Crippen LogP contribution in [0.25, 0.3) is 10.9 Å². The van der Waals surface area contributed by atoms with E-state index < -0.39 is 59.9 Å². The summed E-state index contributed by atoms with van der Waals surface area (Å²) in [6.45, 7) is 4.83. The van der Waals surface area contributed by atoms with Crippen molar-refractivity contribution in [1.29, 1.82) is 0 Å². The fourth-order valence-electron chi connectivity index (χ4n) is 8.83. The molecule has 6 amide bonds. The molecule has 6 rings (SSSR count). The average molecular weight is 802 g/mol. The molecule has 5 heterocycles. The van der Waals surface area contributed by atoms with E-state index in [0.29, 0.717) is 76.7 Å². The van der Waals surface area contributed by atoms with Gasteiger partial charge in [0, 0.05) is 62.1 Å². The quantitative estimate of drug-likeness (QED) is 0.0767. The number of nitrogens with two attached hydrogens (primary N) is 2. The summed E-state index contributed by atoms with van der Waals surface area (Å²) in [4.78, 5) is 95.2. The van der Waals surface area contributed by atoms with Crippen LogP contribution in [0.3, 0.4) is 0 Å². The highest BCUT2D eigenvalue weighted by molar-refractivity contribution is 5.97. The number of aryl methyl sites for hydroxylation is 1. The number of hydrogen-bond donors (Lipinski definition) is 6. The number of aromatic nitrogens is 3. The van der Waals surface area contributed by atoms with Crippen molar-refractivity contribution in [3.8, 4) is 0 Å². The largest absolute Gasteiger partial charge is 0.350 e. The van der Waals surface area contributed by atoms with E-state index in [1.807, 2.05) is 55.9 Å². The van der Waals surface area contributed by atoms with Crippen molar-refractivity contribution in [1.82, 2.24) is 45.3 Å². The molecule has 3 aliphatic heterocycles. The van der Waals surface area contributed by atoms with Crippen LogP contribution in [0.1, 0.15) is 82.9 Å². The molecule has 3 saturated heterocycles. The maximum absolute atomic E-state index is 14.6. The predicted octanol–water partition coefficient (Wildman–Crippen LogP) is 0.773. The molecule has 17 nitrogen and oxygen atoms in total. The molecule has 1 unspecified atom stereocenters. The number of H-pyrrole nitrogens is 1. The molecule has 0 bridgehead atoms. The number of imidazole rings is 1. The Bertz CT molecular complexity index is 1950. The molecule has 3 aromatic rings. The number of amides is 6. The molecule has 17 heteroatoms. The lowest BCUT2D eigenvalue weighted by Crippen LogP contribution is -2.63. The van der Waals surface area contributed by atoms with Crippen LogP contribution in [0.5, 0.6) is 0 Å². The Balaban J connectivity index is 1.17. The van der Waals surface area contributed by atoms with E-state index in [0.717, 1.165) is 22.9 Å². The van der Waals surface area contributed by atoms with E-state index in [9.17, 15) is 28.8 Å². The van der Waals surface area contributed by atoms with E-state index in [1.165, 1.54) is 11.2 Å². The lowest BCUT2D eigenvalue weighted by atomic mass is 9.92.